The van der Waals surface area contributed by atoms with Gasteiger partial charge in [0.2, 0.25) is 0 Å². The molecule has 0 unspecified atom stereocenters. The van der Waals surface area contributed by atoms with Gasteiger partial charge in [0.05, 0.1) is 0 Å². The molecule has 0 bridgehead atoms. The Labute approximate surface area is 175 Å². The van der Waals surface area contributed by atoms with Crippen LogP contribution in [0.3, 0.4) is 0 Å². The van der Waals surface area contributed by atoms with Crippen LogP contribution in [0.25, 0.3) is 6.08 Å². The van der Waals surface area contributed by atoms with Gasteiger partial charge in [-0.05, 0) is 48.9 Å². The van der Waals surface area contributed by atoms with Crippen molar-refractivity contribution in [2.45, 2.75) is 11.8 Å². The van der Waals surface area contributed by atoms with Crippen molar-refractivity contribution in [3.63, 3.8) is 0 Å². The maximum Gasteiger partial charge on any atom is 0.339 e. The third kappa shape index (κ3) is 5.13. The Morgan fingerprint density at radius 2 is 1.70 bits per heavy atom. The minimum Gasteiger partial charge on any atom is -0.378 e. The third-order valence-corrected chi connectivity index (χ3v) is 5.34. The van der Waals surface area contributed by atoms with E-state index in [0.717, 1.165) is 5.56 Å². The smallest absolute Gasteiger partial charge is 0.339 e. The molecule has 3 aromatic carbocycles. The molecule has 0 radical (unpaired) electrons. The first-order valence-electron chi connectivity index (χ1n) is 8.97. The normalized spacial score (nSPS) is 11.4. The number of aryl methyl sites for hydroxylation is 1. The number of para-hydroxylation sites is 1. The Morgan fingerprint density at radius 3 is 2.40 bits per heavy atom. The van der Waals surface area contributed by atoms with Gasteiger partial charge in [0.25, 0.3) is 5.91 Å². The summed E-state index contributed by atoms with van der Waals surface area (Å²) in [7, 11) is -4.06. The van der Waals surface area contributed by atoms with Crippen LogP contribution in [0.1, 0.15) is 11.1 Å². The van der Waals surface area contributed by atoms with Crippen LogP contribution in [-0.2, 0) is 14.9 Å². The first kappa shape index (κ1) is 20.8. The van der Waals surface area contributed by atoms with Crippen LogP contribution in [-0.4, -0.2) is 14.3 Å². The summed E-state index contributed by atoms with van der Waals surface area (Å²) in [5.74, 6) is -0.596. The molecule has 1 N–H and O–H groups in total. The van der Waals surface area contributed by atoms with Crippen molar-refractivity contribution in [2.24, 2.45) is 0 Å². The number of anilines is 1. The lowest BCUT2D eigenvalue weighted by molar-refractivity contribution is -0.112. The summed E-state index contributed by atoms with van der Waals surface area (Å²) in [4.78, 5) is 12.5. The van der Waals surface area contributed by atoms with Gasteiger partial charge < -0.3 is 9.50 Å². The summed E-state index contributed by atoms with van der Waals surface area (Å²) >= 11 is 0. The summed E-state index contributed by atoms with van der Waals surface area (Å²) in [6.45, 7) is 1.89. The molecule has 0 aliphatic heterocycles. The van der Waals surface area contributed by atoms with E-state index in [9.17, 15) is 18.5 Å². The Balaban J connectivity index is 1.89. The Hall–Kier alpha value is -3.89. The number of hydrogen-bond donors (Lipinski definition) is 1. The number of nitriles is 1. The lowest BCUT2D eigenvalue weighted by atomic mass is 10.1. The summed E-state index contributed by atoms with van der Waals surface area (Å²) in [5, 5.41) is 12.1. The highest BCUT2D eigenvalue weighted by molar-refractivity contribution is 7.87. The lowest BCUT2D eigenvalue weighted by Gasteiger charge is -2.10. The van der Waals surface area contributed by atoms with Crippen molar-refractivity contribution < 1.29 is 17.4 Å². The fourth-order valence-electron chi connectivity index (χ4n) is 2.65. The van der Waals surface area contributed by atoms with Gasteiger partial charge >= 0.3 is 10.1 Å². The number of amides is 1. The maximum atomic E-state index is 12.5. The van der Waals surface area contributed by atoms with Gasteiger partial charge in [-0.3, -0.25) is 4.79 Å². The van der Waals surface area contributed by atoms with Crippen molar-refractivity contribution in [1.82, 2.24) is 0 Å². The van der Waals surface area contributed by atoms with Crippen LogP contribution in [0.15, 0.2) is 89.3 Å². The Morgan fingerprint density at radius 1 is 1.00 bits per heavy atom. The van der Waals surface area contributed by atoms with Gasteiger partial charge in [0.1, 0.15) is 22.3 Å². The molecule has 1 amide bonds. The second kappa shape index (κ2) is 9.07. The zero-order valence-corrected chi connectivity index (χ0v) is 16.9. The largest absolute Gasteiger partial charge is 0.378 e. The van der Waals surface area contributed by atoms with E-state index in [2.05, 4.69) is 5.32 Å². The summed E-state index contributed by atoms with van der Waals surface area (Å²) in [6.07, 6.45) is 1.29. The number of carbonyl (C=O) groups is 1. The van der Waals surface area contributed by atoms with Crippen LogP contribution in [0.2, 0.25) is 0 Å². The van der Waals surface area contributed by atoms with E-state index in [0.29, 0.717) is 5.69 Å². The standard InChI is InChI=1S/C23H18N2O4S/c1-17-8-7-10-20(14-17)25-23(26)19(16-24)15-18-9-5-6-13-22(18)29-30(27,28)21-11-3-2-4-12-21/h2-15H,1H3,(H,25,26)/b19-15+. The highest BCUT2D eigenvalue weighted by atomic mass is 32.2. The number of benzene rings is 3. The highest BCUT2D eigenvalue weighted by Crippen LogP contribution is 2.25. The molecule has 0 spiro atoms. The fourth-order valence-corrected chi connectivity index (χ4v) is 3.63. The van der Waals surface area contributed by atoms with Crippen LogP contribution in [0.4, 0.5) is 5.69 Å². The van der Waals surface area contributed by atoms with Crippen molar-refractivity contribution in [3.05, 3.63) is 95.6 Å². The van der Waals surface area contributed by atoms with Crippen molar-refractivity contribution in [2.75, 3.05) is 5.32 Å². The van der Waals surface area contributed by atoms with E-state index in [1.807, 2.05) is 19.1 Å². The van der Waals surface area contributed by atoms with E-state index >= 15 is 0 Å². The van der Waals surface area contributed by atoms with Gasteiger partial charge in [-0.2, -0.15) is 13.7 Å². The molecule has 0 aliphatic rings. The van der Waals surface area contributed by atoms with Gasteiger partial charge in [0, 0.05) is 11.3 Å². The summed E-state index contributed by atoms with van der Waals surface area (Å²) in [6, 6.07) is 23.0. The average Bonchev–Trinajstić information content (AvgIpc) is 2.73. The first-order chi connectivity index (χ1) is 14.4. The minimum absolute atomic E-state index is 0.00137. The monoisotopic (exact) mass is 418 g/mol. The second-order valence-electron chi connectivity index (χ2n) is 6.38. The van der Waals surface area contributed by atoms with Gasteiger partial charge in [0.15, 0.2) is 0 Å². The predicted octanol–water partition coefficient (Wildman–Crippen LogP) is 4.31. The second-order valence-corrected chi connectivity index (χ2v) is 7.93. The molecule has 150 valence electrons. The fraction of sp³-hybridized carbons (Fsp3) is 0.0435. The quantitative estimate of drug-likeness (QED) is 0.366. The van der Waals surface area contributed by atoms with Crippen LogP contribution in [0, 0.1) is 18.3 Å². The molecule has 0 aromatic heterocycles. The molecular formula is C23H18N2O4S. The number of rotatable bonds is 6. The van der Waals surface area contributed by atoms with Crippen LogP contribution >= 0.6 is 0 Å². The Kier molecular flexibility index (Phi) is 6.30. The van der Waals surface area contributed by atoms with E-state index < -0.39 is 16.0 Å². The molecule has 0 atom stereocenters. The minimum atomic E-state index is -4.06. The molecule has 3 rings (SSSR count). The molecule has 7 heteroatoms. The SMILES string of the molecule is Cc1cccc(NC(=O)/C(C#N)=C/c2ccccc2OS(=O)(=O)c2ccccc2)c1. The lowest BCUT2D eigenvalue weighted by Crippen LogP contribution is -2.14. The van der Waals surface area contributed by atoms with Crippen LogP contribution in [0.5, 0.6) is 5.75 Å². The zero-order valence-electron chi connectivity index (χ0n) is 16.1. The van der Waals surface area contributed by atoms with E-state index in [1.165, 1.54) is 24.3 Å². The molecule has 0 saturated heterocycles. The zero-order chi connectivity index (χ0) is 21.6. The molecule has 0 heterocycles. The number of nitrogens with one attached hydrogen (secondary N) is 1. The summed E-state index contributed by atoms with van der Waals surface area (Å²) < 4.78 is 30.3. The van der Waals surface area contributed by atoms with Gasteiger partial charge in [-0.15, -0.1) is 0 Å². The molecule has 3 aromatic rings. The van der Waals surface area contributed by atoms with E-state index in [-0.39, 0.29) is 21.8 Å². The van der Waals surface area contributed by atoms with Crippen molar-refractivity contribution in [3.8, 4) is 11.8 Å². The van der Waals surface area contributed by atoms with Gasteiger partial charge in [-0.1, -0.05) is 48.5 Å². The average molecular weight is 418 g/mol. The topological polar surface area (TPSA) is 96.3 Å². The maximum absolute atomic E-state index is 12.5. The van der Waals surface area contributed by atoms with E-state index in [1.54, 1.807) is 54.6 Å². The number of hydrogen-bond acceptors (Lipinski definition) is 5. The molecular weight excluding hydrogens is 400 g/mol. The van der Waals surface area contributed by atoms with Gasteiger partial charge in [-0.25, -0.2) is 0 Å². The number of carbonyl (C=O) groups excluding carboxylic acids is 1. The molecule has 6 nitrogen and oxygen atoms in total. The van der Waals surface area contributed by atoms with Crippen molar-refractivity contribution >= 4 is 27.8 Å². The molecule has 30 heavy (non-hydrogen) atoms. The molecule has 0 aliphatic carbocycles. The Bertz CT molecular complexity index is 1240. The molecule has 0 saturated carbocycles. The van der Waals surface area contributed by atoms with E-state index in [4.69, 9.17) is 4.18 Å². The third-order valence-electron chi connectivity index (χ3n) is 4.09. The number of nitrogens with zero attached hydrogens (tertiary/aromatic N) is 1. The van der Waals surface area contributed by atoms with Crippen molar-refractivity contribution in [1.29, 1.82) is 5.26 Å². The summed E-state index contributed by atoms with van der Waals surface area (Å²) in [5.41, 5.74) is 1.61. The first-order valence-corrected chi connectivity index (χ1v) is 10.4. The van der Waals surface area contributed by atoms with Crippen LogP contribution < -0.4 is 9.50 Å². The highest BCUT2D eigenvalue weighted by Gasteiger charge is 2.18. The molecule has 0 fully saturated rings. The predicted molar refractivity (Wildman–Crippen MR) is 114 cm³/mol.